The minimum absolute atomic E-state index is 0.104. The number of hydrogen-bond acceptors (Lipinski definition) is 2. The minimum Gasteiger partial charge on any atom is -0.354 e. The zero-order valence-electron chi connectivity index (χ0n) is 15.1. The molecule has 0 aromatic carbocycles. The Bertz CT molecular complexity index is 480. The first-order valence-corrected chi connectivity index (χ1v) is 10.2. The van der Waals surface area contributed by atoms with E-state index in [0.29, 0.717) is 11.8 Å². The number of likely N-dealkylation sites (tertiary alicyclic amines) is 1. The van der Waals surface area contributed by atoms with E-state index >= 15 is 0 Å². The zero-order chi connectivity index (χ0) is 16.7. The van der Waals surface area contributed by atoms with Gasteiger partial charge in [-0.2, -0.15) is 0 Å². The Hall–Kier alpha value is -1.06. The summed E-state index contributed by atoms with van der Waals surface area (Å²) in [4.78, 5) is 26.8. The number of carbonyl (C=O) groups excluding carboxylic acids is 2. The van der Waals surface area contributed by atoms with Crippen molar-refractivity contribution >= 4 is 11.8 Å². The van der Waals surface area contributed by atoms with Crippen molar-refractivity contribution in [3.63, 3.8) is 0 Å². The summed E-state index contributed by atoms with van der Waals surface area (Å²) in [5.41, 5.74) is 0.374. The Morgan fingerprint density at radius 1 is 1.04 bits per heavy atom. The van der Waals surface area contributed by atoms with Crippen molar-refractivity contribution in [1.82, 2.24) is 10.2 Å². The normalized spacial score (nSPS) is 40.6. The SMILES string of the molecule is CCC(=O)N1CCCC[C@@H]1C(=O)NCC12CC3CC(CC(C3)C1)C2. The molecule has 2 amide bonds. The number of nitrogens with zero attached hydrogens (tertiary/aromatic N) is 1. The van der Waals surface area contributed by atoms with Gasteiger partial charge >= 0.3 is 0 Å². The highest BCUT2D eigenvalue weighted by atomic mass is 16.2. The van der Waals surface area contributed by atoms with Crippen LogP contribution in [-0.2, 0) is 9.59 Å². The molecule has 5 aliphatic rings. The van der Waals surface area contributed by atoms with Crippen molar-refractivity contribution in [2.75, 3.05) is 13.1 Å². The van der Waals surface area contributed by atoms with Crippen LogP contribution in [0.15, 0.2) is 0 Å². The van der Waals surface area contributed by atoms with Crippen molar-refractivity contribution in [1.29, 1.82) is 0 Å². The standard InChI is InChI=1S/C20H32N2O2/c1-2-18(23)22-6-4-3-5-17(22)19(24)21-13-20-10-14-7-15(11-20)9-16(8-14)12-20/h14-17H,2-13H2,1H3,(H,21,24)/t14?,15?,16?,17-,20?/m1/s1. The van der Waals surface area contributed by atoms with Gasteiger partial charge in [-0.25, -0.2) is 0 Å². The van der Waals surface area contributed by atoms with Crippen LogP contribution >= 0.6 is 0 Å². The van der Waals surface area contributed by atoms with Crippen LogP contribution in [0.3, 0.4) is 0 Å². The van der Waals surface area contributed by atoms with Crippen molar-refractivity contribution < 1.29 is 9.59 Å². The van der Waals surface area contributed by atoms with E-state index < -0.39 is 0 Å². The van der Waals surface area contributed by atoms with Crippen molar-refractivity contribution in [2.24, 2.45) is 23.2 Å². The molecule has 1 saturated heterocycles. The molecule has 5 fully saturated rings. The molecule has 4 nitrogen and oxygen atoms in total. The summed E-state index contributed by atoms with van der Waals surface area (Å²) >= 11 is 0. The Balaban J connectivity index is 1.38. The molecule has 5 rings (SSSR count). The highest BCUT2D eigenvalue weighted by Crippen LogP contribution is 2.59. The van der Waals surface area contributed by atoms with E-state index in [0.717, 1.165) is 50.1 Å². The molecule has 1 atom stereocenters. The van der Waals surface area contributed by atoms with Gasteiger partial charge in [0.1, 0.15) is 6.04 Å². The van der Waals surface area contributed by atoms with E-state index in [1.165, 1.54) is 38.5 Å². The molecule has 0 aromatic rings. The first-order chi connectivity index (χ1) is 11.6. The highest BCUT2D eigenvalue weighted by Gasteiger charge is 2.51. The lowest BCUT2D eigenvalue weighted by Crippen LogP contribution is -2.55. The number of piperidine rings is 1. The third kappa shape index (κ3) is 2.97. The van der Waals surface area contributed by atoms with E-state index in [1.807, 2.05) is 11.8 Å². The van der Waals surface area contributed by atoms with Crippen molar-refractivity contribution in [3.8, 4) is 0 Å². The monoisotopic (exact) mass is 332 g/mol. The van der Waals surface area contributed by atoms with Gasteiger partial charge in [-0.15, -0.1) is 0 Å². The van der Waals surface area contributed by atoms with Crippen LogP contribution in [0.2, 0.25) is 0 Å². The molecule has 4 heteroatoms. The second kappa shape index (κ2) is 6.34. The number of amides is 2. The van der Waals surface area contributed by atoms with Gasteiger partial charge in [-0.3, -0.25) is 9.59 Å². The lowest BCUT2D eigenvalue weighted by Gasteiger charge is -2.57. The van der Waals surface area contributed by atoms with E-state index in [9.17, 15) is 9.59 Å². The van der Waals surface area contributed by atoms with Gasteiger partial charge < -0.3 is 10.2 Å². The van der Waals surface area contributed by atoms with Gasteiger partial charge in [0, 0.05) is 19.5 Å². The third-order valence-electron chi connectivity index (χ3n) is 7.23. The third-order valence-corrected chi connectivity index (χ3v) is 7.23. The number of hydrogen-bond donors (Lipinski definition) is 1. The van der Waals surface area contributed by atoms with E-state index in [4.69, 9.17) is 0 Å². The van der Waals surface area contributed by atoms with Crippen molar-refractivity contribution in [2.45, 2.75) is 77.2 Å². The quantitative estimate of drug-likeness (QED) is 0.860. The predicted molar refractivity (Wildman–Crippen MR) is 93.3 cm³/mol. The molecular formula is C20H32N2O2. The highest BCUT2D eigenvalue weighted by molar-refractivity contribution is 5.87. The molecule has 4 saturated carbocycles. The largest absolute Gasteiger partial charge is 0.354 e. The zero-order valence-corrected chi connectivity index (χ0v) is 15.1. The summed E-state index contributed by atoms with van der Waals surface area (Å²) in [5.74, 6) is 2.99. The molecule has 134 valence electrons. The second-order valence-electron chi connectivity index (χ2n) is 9.09. The van der Waals surface area contributed by atoms with Gasteiger partial charge in [0.15, 0.2) is 0 Å². The van der Waals surface area contributed by atoms with Crippen LogP contribution < -0.4 is 5.32 Å². The summed E-state index contributed by atoms with van der Waals surface area (Å²) in [6.45, 7) is 3.49. The molecule has 1 N–H and O–H groups in total. The topological polar surface area (TPSA) is 49.4 Å². The second-order valence-corrected chi connectivity index (χ2v) is 9.09. The Kier molecular flexibility index (Phi) is 4.34. The fourth-order valence-corrected chi connectivity index (χ4v) is 6.60. The summed E-state index contributed by atoms with van der Waals surface area (Å²) in [5, 5.41) is 3.29. The number of rotatable bonds is 4. The lowest BCUT2D eigenvalue weighted by atomic mass is 9.49. The average Bonchev–Trinajstić information content (AvgIpc) is 2.58. The van der Waals surface area contributed by atoms with Crippen LogP contribution in [0.1, 0.15) is 71.1 Å². The maximum atomic E-state index is 12.8. The summed E-state index contributed by atoms with van der Waals surface area (Å²) in [6.07, 6.45) is 11.7. The average molecular weight is 332 g/mol. The van der Waals surface area contributed by atoms with Crippen LogP contribution in [0.4, 0.5) is 0 Å². The fourth-order valence-electron chi connectivity index (χ4n) is 6.60. The molecule has 0 aromatic heterocycles. The summed E-state index contributed by atoms with van der Waals surface area (Å²) in [7, 11) is 0. The van der Waals surface area contributed by atoms with Crippen LogP contribution in [0, 0.1) is 23.2 Å². The van der Waals surface area contributed by atoms with E-state index in [1.54, 1.807) is 0 Å². The Labute approximate surface area is 145 Å². The Morgan fingerprint density at radius 3 is 2.25 bits per heavy atom. The maximum absolute atomic E-state index is 12.8. The summed E-state index contributed by atoms with van der Waals surface area (Å²) in [6, 6.07) is -0.222. The van der Waals surface area contributed by atoms with Gasteiger partial charge in [0.25, 0.3) is 0 Å². The van der Waals surface area contributed by atoms with Gasteiger partial charge in [-0.1, -0.05) is 6.92 Å². The molecule has 0 unspecified atom stereocenters. The molecule has 4 aliphatic carbocycles. The molecule has 1 aliphatic heterocycles. The molecule has 0 spiro atoms. The molecule has 24 heavy (non-hydrogen) atoms. The molecular weight excluding hydrogens is 300 g/mol. The smallest absolute Gasteiger partial charge is 0.242 e. The van der Waals surface area contributed by atoms with Crippen molar-refractivity contribution in [3.05, 3.63) is 0 Å². The van der Waals surface area contributed by atoms with Crippen LogP contribution in [-0.4, -0.2) is 35.8 Å². The van der Waals surface area contributed by atoms with Gasteiger partial charge in [0.2, 0.25) is 11.8 Å². The van der Waals surface area contributed by atoms with E-state index in [-0.39, 0.29) is 17.9 Å². The fraction of sp³-hybridized carbons (Fsp3) is 0.900. The number of carbonyl (C=O) groups is 2. The van der Waals surface area contributed by atoms with E-state index in [2.05, 4.69) is 5.32 Å². The molecule has 1 heterocycles. The van der Waals surface area contributed by atoms with Crippen LogP contribution in [0.25, 0.3) is 0 Å². The Morgan fingerprint density at radius 2 is 1.67 bits per heavy atom. The number of nitrogens with one attached hydrogen (secondary N) is 1. The van der Waals surface area contributed by atoms with Crippen LogP contribution in [0.5, 0.6) is 0 Å². The first-order valence-electron chi connectivity index (χ1n) is 10.2. The van der Waals surface area contributed by atoms with Gasteiger partial charge in [-0.05, 0) is 81.0 Å². The minimum atomic E-state index is -0.222. The molecule has 0 radical (unpaired) electrons. The predicted octanol–water partition coefficient (Wildman–Crippen LogP) is 3.11. The van der Waals surface area contributed by atoms with Gasteiger partial charge in [0.05, 0.1) is 0 Å². The molecule has 4 bridgehead atoms. The first kappa shape index (κ1) is 16.4. The maximum Gasteiger partial charge on any atom is 0.242 e. The summed E-state index contributed by atoms with van der Waals surface area (Å²) < 4.78 is 0. The lowest BCUT2D eigenvalue weighted by molar-refractivity contribution is -0.142.